The van der Waals surface area contributed by atoms with Gasteiger partial charge in [0.05, 0.1) is 24.9 Å². The zero-order chi connectivity index (χ0) is 20.1. The molecule has 8 heteroatoms. The van der Waals surface area contributed by atoms with Gasteiger partial charge in [0.1, 0.15) is 11.5 Å². The van der Waals surface area contributed by atoms with Crippen LogP contribution in [0.5, 0.6) is 11.5 Å². The quantitative estimate of drug-likeness (QED) is 0.364. The van der Waals surface area contributed by atoms with Crippen molar-refractivity contribution >= 4 is 23.1 Å². The van der Waals surface area contributed by atoms with Gasteiger partial charge in [0, 0.05) is 29.2 Å². The van der Waals surface area contributed by atoms with E-state index in [1.165, 1.54) is 17.3 Å². The summed E-state index contributed by atoms with van der Waals surface area (Å²) in [6.07, 6.45) is 0.846. The Balaban J connectivity index is 1.40. The highest BCUT2D eigenvalue weighted by molar-refractivity contribution is 7.98. The van der Waals surface area contributed by atoms with Crippen LogP contribution in [0.2, 0.25) is 0 Å². The molecule has 0 atom stereocenters. The molecule has 2 aromatic carbocycles. The van der Waals surface area contributed by atoms with Gasteiger partial charge in [0.2, 0.25) is 5.89 Å². The van der Waals surface area contributed by atoms with E-state index < -0.39 is 0 Å². The van der Waals surface area contributed by atoms with E-state index in [0.29, 0.717) is 28.4 Å². The van der Waals surface area contributed by atoms with Gasteiger partial charge in [-0.15, -0.1) is 21.5 Å². The van der Waals surface area contributed by atoms with Crippen LogP contribution in [-0.4, -0.2) is 29.4 Å². The van der Waals surface area contributed by atoms with E-state index in [2.05, 4.69) is 27.7 Å². The molecule has 0 fully saturated rings. The Morgan fingerprint density at radius 1 is 1.00 bits per heavy atom. The Bertz CT molecular complexity index is 1060. The first-order valence-corrected chi connectivity index (χ1v) is 10.8. The molecule has 0 aliphatic rings. The molecule has 0 saturated carbocycles. The van der Waals surface area contributed by atoms with Gasteiger partial charge in [0.25, 0.3) is 5.22 Å². The maximum Gasteiger partial charge on any atom is 0.277 e. The predicted molar refractivity (Wildman–Crippen MR) is 114 cm³/mol. The molecule has 0 unspecified atom stereocenters. The molecule has 0 radical (unpaired) electrons. The van der Waals surface area contributed by atoms with Crippen molar-refractivity contribution < 1.29 is 13.9 Å². The fraction of sp³-hybridized carbons (Fsp3) is 0.190. The van der Waals surface area contributed by atoms with Crippen molar-refractivity contribution in [2.75, 3.05) is 14.2 Å². The van der Waals surface area contributed by atoms with E-state index in [-0.39, 0.29) is 0 Å². The molecule has 0 bridgehead atoms. The maximum atomic E-state index is 5.80. The van der Waals surface area contributed by atoms with Gasteiger partial charge in [-0.1, -0.05) is 42.1 Å². The van der Waals surface area contributed by atoms with E-state index in [1.807, 2.05) is 30.3 Å². The summed E-state index contributed by atoms with van der Waals surface area (Å²) < 4.78 is 16.4. The van der Waals surface area contributed by atoms with Crippen LogP contribution in [-0.2, 0) is 12.2 Å². The van der Waals surface area contributed by atoms with Crippen molar-refractivity contribution in [1.82, 2.24) is 15.2 Å². The second kappa shape index (κ2) is 9.11. The van der Waals surface area contributed by atoms with Crippen LogP contribution in [0.25, 0.3) is 11.5 Å². The molecule has 0 aliphatic carbocycles. The van der Waals surface area contributed by atoms with Crippen LogP contribution in [0.1, 0.15) is 16.3 Å². The van der Waals surface area contributed by atoms with Gasteiger partial charge in [-0.3, -0.25) is 0 Å². The van der Waals surface area contributed by atoms with Crippen LogP contribution >= 0.6 is 23.1 Å². The summed E-state index contributed by atoms with van der Waals surface area (Å²) in [6, 6.07) is 15.8. The summed E-state index contributed by atoms with van der Waals surface area (Å²) in [5, 5.41) is 12.0. The molecule has 4 rings (SSSR count). The van der Waals surface area contributed by atoms with E-state index in [1.54, 1.807) is 31.6 Å². The molecule has 0 amide bonds. The largest absolute Gasteiger partial charge is 0.497 e. The number of thiazole rings is 1. The van der Waals surface area contributed by atoms with Crippen molar-refractivity contribution in [3.8, 4) is 23.0 Å². The van der Waals surface area contributed by atoms with Gasteiger partial charge in [0.15, 0.2) is 0 Å². The van der Waals surface area contributed by atoms with Gasteiger partial charge in [-0.05, 0) is 17.7 Å². The minimum atomic E-state index is 0.424. The summed E-state index contributed by atoms with van der Waals surface area (Å²) in [4.78, 5) is 4.71. The summed E-state index contributed by atoms with van der Waals surface area (Å²) in [5.41, 5.74) is 3.02. The number of aromatic nitrogens is 3. The molecule has 6 nitrogen and oxygen atoms in total. The highest BCUT2D eigenvalue weighted by Crippen LogP contribution is 2.31. The van der Waals surface area contributed by atoms with E-state index >= 15 is 0 Å². The number of hydrogen-bond acceptors (Lipinski definition) is 8. The lowest BCUT2D eigenvalue weighted by atomic mass is 10.2. The maximum absolute atomic E-state index is 5.80. The average molecular weight is 426 g/mol. The first kappa shape index (κ1) is 19.5. The first-order valence-electron chi connectivity index (χ1n) is 8.90. The predicted octanol–water partition coefficient (Wildman–Crippen LogP) is 5.09. The molecule has 2 aromatic heterocycles. The third kappa shape index (κ3) is 4.96. The Morgan fingerprint density at radius 2 is 1.76 bits per heavy atom. The summed E-state index contributed by atoms with van der Waals surface area (Å²) in [7, 11) is 3.21. The smallest absolute Gasteiger partial charge is 0.277 e. The van der Waals surface area contributed by atoms with Crippen LogP contribution in [0.3, 0.4) is 0 Å². The Labute approximate surface area is 176 Å². The Kier molecular flexibility index (Phi) is 6.12. The van der Waals surface area contributed by atoms with E-state index in [9.17, 15) is 0 Å². The standard InChI is InChI=1S/C21H19N3O3S2/c1-25-17-9-15(10-18(11-17)26-2)20-23-24-21(27-20)29-13-16-12-28-19(22-16)8-14-6-4-3-5-7-14/h3-7,9-12H,8,13H2,1-2H3. The second-order valence-electron chi connectivity index (χ2n) is 6.16. The zero-order valence-corrected chi connectivity index (χ0v) is 17.6. The van der Waals surface area contributed by atoms with Gasteiger partial charge < -0.3 is 13.9 Å². The molecule has 2 heterocycles. The van der Waals surface area contributed by atoms with Crippen molar-refractivity contribution in [3.63, 3.8) is 0 Å². The zero-order valence-electron chi connectivity index (χ0n) is 16.0. The normalized spacial score (nSPS) is 10.8. The van der Waals surface area contributed by atoms with Crippen molar-refractivity contribution in [2.45, 2.75) is 17.4 Å². The Morgan fingerprint density at radius 3 is 2.48 bits per heavy atom. The number of methoxy groups -OCH3 is 2. The number of thioether (sulfide) groups is 1. The number of hydrogen-bond donors (Lipinski definition) is 0. The number of nitrogens with zero attached hydrogens (tertiary/aromatic N) is 3. The highest BCUT2D eigenvalue weighted by atomic mass is 32.2. The monoisotopic (exact) mass is 425 g/mol. The topological polar surface area (TPSA) is 70.3 Å². The van der Waals surface area contributed by atoms with E-state index in [0.717, 1.165) is 22.7 Å². The fourth-order valence-corrected chi connectivity index (χ4v) is 4.31. The minimum Gasteiger partial charge on any atom is -0.497 e. The van der Waals surface area contributed by atoms with Crippen molar-refractivity contribution in [3.05, 3.63) is 70.2 Å². The average Bonchev–Trinajstić information content (AvgIpc) is 3.42. The molecular formula is C21H19N3O3S2. The van der Waals surface area contributed by atoms with Gasteiger partial charge >= 0.3 is 0 Å². The molecular weight excluding hydrogens is 406 g/mol. The van der Waals surface area contributed by atoms with Gasteiger partial charge in [-0.2, -0.15) is 0 Å². The third-order valence-electron chi connectivity index (χ3n) is 4.15. The van der Waals surface area contributed by atoms with Crippen LogP contribution in [0, 0.1) is 0 Å². The lowest BCUT2D eigenvalue weighted by molar-refractivity contribution is 0.394. The SMILES string of the molecule is COc1cc(OC)cc(-c2nnc(SCc3csc(Cc4ccccc4)n3)o2)c1. The molecule has 4 aromatic rings. The van der Waals surface area contributed by atoms with Gasteiger partial charge in [-0.25, -0.2) is 4.98 Å². The molecule has 0 saturated heterocycles. The van der Waals surface area contributed by atoms with Crippen LogP contribution < -0.4 is 9.47 Å². The second-order valence-corrected chi connectivity index (χ2v) is 8.03. The fourth-order valence-electron chi connectivity index (χ4n) is 2.72. The molecule has 148 valence electrons. The lowest BCUT2D eigenvalue weighted by Crippen LogP contribution is -1.88. The molecule has 0 N–H and O–H groups in total. The lowest BCUT2D eigenvalue weighted by Gasteiger charge is -2.05. The third-order valence-corrected chi connectivity index (χ3v) is 5.90. The molecule has 0 aliphatic heterocycles. The number of ether oxygens (including phenoxy) is 2. The Hall–Kier alpha value is -2.84. The van der Waals surface area contributed by atoms with Crippen LogP contribution in [0.15, 0.2) is 63.6 Å². The van der Waals surface area contributed by atoms with Crippen molar-refractivity contribution in [1.29, 1.82) is 0 Å². The number of benzene rings is 2. The highest BCUT2D eigenvalue weighted by Gasteiger charge is 2.13. The summed E-state index contributed by atoms with van der Waals surface area (Å²) in [5.74, 6) is 2.43. The minimum absolute atomic E-state index is 0.424. The van der Waals surface area contributed by atoms with Crippen molar-refractivity contribution in [2.24, 2.45) is 0 Å². The first-order chi connectivity index (χ1) is 14.2. The van der Waals surface area contributed by atoms with Crippen LogP contribution in [0.4, 0.5) is 0 Å². The summed E-state index contributed by atoms with van der Waals surface area (Å²) >= 11 is 3.14. The molecule has 29 heavy (non-hydrogen) atoms. The summed E-state index contributed by atoms with van der Waals surface area (Å²) in [6.45, 7) is 0. The molecule has 0 spiro atoms. The van der Waals surface area contributed by atoms with E-state index in [4.69, 9.17) is 18.9 Å². The number of rotatable bonds is 8.